The fourth-order valence-electron chi connectivity index (χ4n) is 6.67. The van der Waals surface area contributed by atoms with Gasteiger partial charge in [-0.05, 0) is 75.3 Å². The molecule has 4 unspecified atom stereocenters. The standard InChI is InChI=1S/C40H61N7O10/c1-7-47-29-14-9-8-12-25(29)26-19-24(15-16-30(26)47)42-37(54)27(13-10-11-17-41)43-32(50)20-46(6)40(57)28(18-22(2)3)44-38(55)33(23(4)5)45-39(56)36(53)35(52)34(51)31(49)21-48/h8-9,12,14-16,19,22-23,27-28,31,33-36,48-49,51-53H,7,10-11,13,17-18,20-21,41H2,1-6H3,(H,42,54)(H,43,50)(H,44,55)(H,45,56)/t27-,28-,31?,33-,34?,35?,36?/m0/s1. The molecule has 0 aliphatic carbocycles. The Morgan fingerprint density at radius 3 is 2.09 bits per heavy atom. The molecule has 17 nitrogen and oxygen atoms in total. The molecule has 0 radical (unpaired) electrons. The van der Waals surface area contributed by atoms with Crippen molar-refractivity contribution in [2.45, 2.75) is 109 Å². The number of nitrogens with zero attached hydrogens (tertiary/aromatic N) is 2. The van der Waals surface area contributed by atoms with Gasteiger partial charge in [-0.3, -0.25) is 24.0 Å². The smallest absolute Gasteiger partial charge is 0.252 e. The summed E-state index contributed by atoms with van der Waals surface area (Å²) in [5.74, 6) is -4.36. The lowest BCUT2D eigenvalue weighted by atomic mass is 9.98. The zero-order chi connectivity index (χ0) is 42.6. The number of aliphatic hydroxyl groups excluding tert-OH is 5. The lowest BCUT2D eigenvalue weighted by Crippen LogP contribution is -2.59. The van der Waals surface area contributed by atoms with Gasteiger partial charge in [0, 0.05) is 41.1 Å². The molecule has 3 rings (SSSR count). The number of anilines is 1. The van der Waals surface area contributed by atoms with E-state index in [-0.39, 0.29) is 12.3 Å². The van der Waals surface area contributed by atoms with Crippen LogP contribution in [-0.4, -0.2) is 134 Å². The van der Waals surface area contributed by atoms with E-state index in [4.69, 9.17) is 10.8 Å². The van der Waals surface area contributed by atoms with E-state index in [0.29, 0.717) is 31.5 Å². The lowest BCUT2D eigenvalue weighted by molar-refractivity contribution is -0.151. The molecule has 2 aromatic carbocycles. The van der Waals surface area contributed by atoms with E-state index in [2.05, 4.69) is 32.8 Å². The number of aryl methyl sites for hydroxylation is 1. The molecule has 17 heteroatoms. The Balaban J connectivity index is 1.71. The van der Waals surface area contributed by atoms with Crippen LogP contribution in [0.3, 0.4) is 0 Å². The summed E-state index contributed by atoms with van der Waals surface area (Å²) in [6.07, 6.45) is -6.71. The van der Waals surface area contributed by atoms with Crippen LogP contribution in [0, 0.1) is 11.8 Å². The highest BCUT2D eigenvalue weighted by Gasteiger charge is 2.37. The van der Waals surface area contributed by atoms with Gasteiger partial charge in [-0.25, -0.2) is 0 Å². The average molecular weight is 800 g/mol. The minimum Gasteiger partial charge on any atom is -0.394 e. The van der Waals surface area contributed by atoms with Crippen LogP contribution in [0.25, 0.3) is 21.8 Å². The monoisotopic (exact) mass is 799 g/mol. The van der Waals surface area contributed by atoms with Gasteiger partial charge in [0.1, 0.15) is 36.4 Å². The maximum absolute atomic E-state index is 13.7. The molecule has 0 saturated carbocycles. The molecule has 0 bridgehead atoms. The van der Waals surface area contributed by atoms with Crippen molar-refractivity contribution in [2.24, 2.45) is 17.6 Å². The molecule has 57 heavy (non-hydrogen) atoms. The fourth-order valence-corrected chi connectivity index (χ4v) is 6.67. The van der Waals surface area contributed by atoms with Gasteiger partial charge in [-0.1, -0.05) is 45.9 Å². The van der Waals surface area contributed by atoms with Gasteiger partial charge in [0.05, 0.1) is 13.2 Å². The number of carbonyl (C=O) groups excluding carboxylic acids is 5. The summed E-state index contributed by atoms with van der Waals surface area (Å²) in [6.45, 7) is 8.70. The van der Waals surface area contributed by atoms with Crippen molar-refractivity contribution in [2.75, 3.05) is 32.1 Å². The first-order valence-electron chi connectivity index (χ1n) is 19.5. The van der Waals surface area contributed by atoms with E-state index in [1.54, 1.807) is 13.8 Å². The molecule has 5 amide bonds. The van der Waals surface area contributed by atoms with Gasteiger partial charge in [0.2, 0.25) is 23.6 Å². The number of aliphatic hydroxyl groups is 5. The van der Waals surface area contributed by atoms with Gasteiger partial charge >= 0.3 is 0 Å². The van der Waals surface area contributed by atoms with Crippen LogP contribution in [0.5, 0.6) is 0 Å². The second-order valence-electron chi connectivity index (χ2n) is 15.2. The number of nitrogens with one attached hydrogen (secondary N) is 4. The van der Waals surface area contributed by atoms with Crippen molar-refractivity contribution in [1.29, 1.82) is 0 Å². The Kier molecular flexibility index (Phi) is 17.8. The summed E-state index contributed by atoms with van der Waals surface area (Å²) in [5.41, 5.74) is 8.37. The highest BCUT2D eigenvalue weighted by molar-refractivity contribution is 6.10. The number of hydrogen-bond donors (Lipinski definition) is 10. The van der Waals surface area contributed by atoms with Gasteiger partial charge in [0.25, 0.3) is 5.91 Å². The number of benzene rings is 2. The summed E-state index contributed by atoms with van der Waals surface area (Å²) in [4.78, 5) is 68.2. The molecular formula is C40H61N7O10. The minimum absolute atomic E-state index is 0.0988. The maximum atomic E-state index is 13.7. The van der Waals surface area contributed by atoms with E-state index >= 15 is 0 Å². The second-order valence-corrected chi connectivity index (χ2v) is 15.2. The predicted molar refractivity (Wildman–Crippen MR) is 215 cm³/mol. The number of para-hydroxylation sites is 1. The number of hydrogen-bond acceptors (Lipinski definition) is 11. The number of likely N-dealkylation sites (N-methyl/N-ethyl adjacent to an activating group) is 1. The third kappa shape index (κ3) is 12.4. The van der Waals surface area contributed by atoms with Crippen molar-refractivity contribution < 1.29 is 49.5 Å². The number of carbonyl (C=O) groups is 5. The topological polar surface area (TPSA) is 269 Å². The van der Waals surface area contributed by atoms with Gasteiger partial charge < -0.3 is 62.0 Å². The van der Waals surface area contributed by atoms with Crippen molar-refractivity contribution in [3.63, 3.8) is 0 Å². The molecule has 3 aromatic rings. The zero-order valence-electron chi connectivity index (χ0n) is 33.6. The quantitative estimate of drug-likeness (QED) is 0.0602. The number of fused-ring (bicyclic) bond motifs is 3. The largest absolute Gasteiger partial charge is 0.394 e. The van der Waals surface area contributed by atoms with E-state index in [1.807, 2.05) is 56.3 Å². The molecule has 0 saturated heterocycles. The van der Waals surface area contributed by atoms with Gasteiger partial charge in [-0.15, -0.1) is 0 Å². The number of unbranched alkanes of at least 4 members (excludes halogenated alkanes) is 1. The molecule has 7 atom stereocenters. The SMILES string of the molecule is CCn1c2ccccc2c2cc(NC(=O)[C@H](CCCCN)NC(=O)CN(C)C(=O)[C@H](CC(C)C)NC(=O)[C@@H](NC(=O)C(O)C(O)C(O)C(O)CO)C(C)C)ccc21. The summed E-state index contributed by atoms with van der Waals surface area (Å²) < 4.78 is 2.20. The van der Waals surface area contributed by atoms with E-state index in [1.165, 1.54) is 7.05 Å². The van der Waals surface area contributed by atoms with Crippen molar-refractivity contribution in [3.8, 4) is 0 Å². The Labute approximate surface area is 333 Å². The van der Waals surface area contributed by atoms with Crippen LogP contribution < -0.4 is 27.0 Å². The minimum atomic E-state index is -2.27. The Morgan fingerprint density at radius 1 is 0.807 bits per heavy atom. The molecule has 316 valence electrons. The summed E-state index contributed by atoms with van der Waals surface area (Å²) in [6, 6.07) is 10.3. The van der Waals surface area contributed by atoms with Crippen LogP contribution in [-0.2, 0) is 30.5 Å². The predicted octanol–water partition coefficient (Wildman–Crippen LogP) is -0.0673. The molecule has 11 N–H and O–H groups in total. The second kappa shape index (κ2) is 21.8. The molecule has 0 spiro atoms. The van der Waals surface area contributed by atoms with E-state index in [0.717, 1.165) is 33.3 Å². The number of aromatic nitrogens is 1. The fraction of sp³-hybridized carbons (Fsp3) is 0.575. The summed E-state index contributed by atoms with van der Waals surface area (Å²) in [7, 11) is 1.39. The molecule has 0 aliphatic rings. The van der Waals surface area contributed by atoms with Crippen molar-refractivity contribution >= 4 is 57.0 Å². The zero-order valence-corrected chi connectivity index (χ0v) is 33.6. The van der Waals surface area contributed by atoms with Crippen LogP contribution in [0.4, 0.5) is 5.69 Å². The lowest BCUT2D eigenvalue weighted by Gasteiger charge is -2.30. The van der Waals surface area contributed by atoms with Crippen LogP contribution >= 0.6 is 0 Å². The first kappa shape index (κ1) is 46.7. The first-order valence-corrected chi connectivity index (χ1v) is 19.5. The number of nitrogens with two attached hydrogens (primary N) is 1. The van der Waals surface area contributed by atoms with Crippen LogP contribution in [0.15, 0.2) is 42.5 Å². The Bertz CT molecular complexity index is 1830. The van der Waals surface area contributed by atoms with Crippen LogP contribution in [0.2, 0.25) is 0 Å². The molecular weight excluding hydrogens is 738 g/mol. The molecule has 1 heterocycles. The normalized spacial score (nSPS) is 15.4. The highest BCUT2D eigenvalue weighted by atomic mass is 16.4. The van der Waals surface area contributed by atoms with Crippen LogP contribution in [0.1, 0.15) is 60.3 Å². The maximum Gasteiger partial charge on any atom is 0.252 e. The number of amides is 5. The van der Waals surface area contributed by atoms with Crippen molar-refractivity contribution in [3.05, 3.63) is 42.5 Å². The number of rotatable bonds is 22. The molecule has 1 aromatic heterocycles. The average Bonchev–Trinajstić information content (AvgIpc) is 3.49. The summed E-state index contributed by atoms with van der Waals surface area (Å²) in [5, 5.41) is 61.6. The van der Waals surface area contributed by atoms with E-state index in [9.17, 15) is 44.4 Å². The Hall–Kier alpha value is -4.65. The van der Waals surface area contributed by atoms with Crippen molar-refractivity contribution in [1.82, 2.24) is 25.4 Å². The molecule has 0 aliphatic heterocycles. The van der Waals surface area contributed by atoms with Gasteiger partial charge in [0.15, 0.2) is 6.10 Å². The molecule has 0 fully saturated rings. The Morgan fingerprint density at radius 2 is 1.47 bits per heavy atom. The highest BCUT2D eigenvalue weighted by Crippen LogP contribution is 2.31. The summed E-state index contributed by atoms with van der Waals surface area (Å²) >= 11 is 0. The van der Waals surface area contributed by atoms with Gasteiger partial charge in [-0.2, -0.15) is 0 Å². The first-order chi connectivity index (χ1) is 26.9. The van der Waals surface area contributed by atoms with E-state index < -0.39 is 91.1 Å². The third-order valence-corrected chi connectivity index (χ3v) is 9.80. The third-order valence-electron chi connectivity index (χ3n) is 9.80.